The molecule has 0 fully saturated rings. The van der Waals surface area contributed by atoms with Gasteiger partial charge in [0.2, 0.25) is 5.91 Å². The second-order valence-electron chi connectivity index (χ2n) is 5.67. The molecule has 0 aromatic rings. The highest BCUT2D eigenvalue weighted by molar-refractivity contribution is 8.02. The Morgan fingerprint density at radius 1 is 1.23 bits per heavy atom. The number of ether oxygens (including phenoxy) is 1. The first-order valence-electron chi connectivity index (χ1n) is 8.61. The first kappa shape index (κ1) is 27.2. The molecule has 170 valence electrons. The monoisotopic (exact) mass is 450 g/mol. The summed E-state index contributed by atoms with van der Waals surface area (Å²) in [5, 5.41) is 21.4. The van der Waals surface area contributed by atoms with E-state index in [-0.39, 0.29) is 30.9 Å². The van der Waals surface area contributed by atoms with Crippen molar-refractivity contribution in [3.63, 3.8) is 0 Å². The van der Waals surface area contributed by atoms with Crippen molar-refractivity contribution < 1.29 is 43.8 Å². The minimum absolute atomic E-state index is 0.0686. The van der Waals surface area contributed by atoms with Crippen LogP contribution in [0.5, 0.6) is 0 Å². The number of esters is 1. The Hall–Kier alpha value is -2.84. The summed E-state index contributed by atoms with van der Waals surface area (Å²) in [6.45, 7) is 1.73. The largest absolute Gasteiger partial charge is 0.480 e. The van der Waals surface area contributed by atoms with E-state index in [0.717, 1.165) is 18.8 Å². The number of imide groups is 1. The highest BCUT2D eigenvalue weighted by Gasteiger charge is 2.27. The van der Waals surface area contributed by atoms with Gasteiger partial charge in [-0.3, -0.25) is 24.7 Å². The molecule has 0 aliphatic carbocycles. The number of nitrogens with one attached hydrogen (secondary N) is 2. The maximum Gasteiger partial charge on any atom is 0.413 e. The number of carbonyl (C=O) groups is 5. The Morgan fingerprint density at radius 3 is 2.37 bits per heavy atom. The van der Waals surface area contributed by atoms with E-state index in [4.69, 9.17) is 20.7 Å². The van der Waals surface area contributed by atoms with Gasteiger partial charge in [0.1, 0.15) is 12.1 Å². The highest BCUT2D eigenvalue weighted by Crippen LogP contribution is 2.11. The number of thioether (sulfide) groups is 1. The summed E-state index contributed by atoms with van der Waals surface area (Å²) in [6, 6.07) is -2.52. The molecule has 2 unspecified atom stereocenters. The average molecular weight is 450 g/mol. The molecule has 6 N–H and O–H groups in total. The summed E-state index contributed by atoms with van der Waals surface area (Å²) in [5.74, 6) is -3.74. The lowest BCUT2D eigenvalue weighted by molar-refractivity contribution is -0.140. The third-order valence-electron chi connectivity index (χ3n) is 3.42. The number of hydrogen-bond donors (Lipinski definition) is 5. The molecule has 0 aliphatic rings. The van der Waals surface area contributed by atoms with Crippen LogP contribution in [-0.2, 0) is 28.8 Å². The SMILES string of the molecule is CCOC(=O)C(=CSCC(NC(=O)CCC(N)C(=O)O)C(=O)N(C)C(=O)O)NOC. The molecule has 13 nitrogen and oxygen atoms in total. The molecule has 0 saturated heterocycles. The normalized spacial score (nSPS) is 13.0. The molecule has 3 amide bonds. The lowest BCUT2D eigenvalue weighted by Crippen LogP contribution is -2.50. The van der Waals surface area contributed by atoms with Gasteiger partial charge in [-0.15, -0.1) is 11.8 Å². The van der Waals surface area contributed by atoms with Gasteiger partial charge in [0.05, 0.1) is 13.7 Å². The lowest BCUT2D eigenvalue weighted by Gasteiger charge is -2.21. The van der Waals surface area contributed by atoms with Crippen LogP contribution in [-0.4, -0.2) is 83.6 Å². The van der Waals surface area contributed by atoms with E-state index in [0.29, 0.717) is 4.90 Å². The van der Waals surface area contributed by atoms with Gasteiger partial charge in [0.15, 0.2) is 5.70 Å². The van der Waals surface area contributed by atoms with Crippen LogP contribution in [0.15, 0.2) is 11.1 Å². The first-order valence-corrected chi connectivity index (χ1v) is 9.66. The van der Waals surface area contributed by atoms with E-state index >= 15 is 0 Å². The Morgan fingerprint density at radius 2 is 1.87 bits per heavy atom. The fourth-order valence-electron chi connectivity index (χ4n) is 1.84. The van der Waals surface area contributed by atoms with Crippen LogP contribution in [0.3, 0.4) is 0 Å². The molecule has 0 aliphatic heterocycles. The van der Waals surface area contributed by atoms with E-state index < -0.39 is 41.9 Å². The molecule has 0 spiro atoms. The topological polar surface area (TPSA) is 198 Å². The molecule has 0 rings (SSSR count). The number of amides is 3. The lowest BCUT2D eigenvalue weighted by atomic mass is 10.1. The number of carbonyl (C=O) groups excluding carboxylic acids is 3. The molecule has 2 atom stereocenters. The quantitative estimate of drug-likeness (QED) is 0.132. The van der Waals surface area contributed by atoms with E-state index in [9.17, 15) is 24.0 Å². The van der Waals surface area contributed by atoms with Gasteiger partial charge in [0, 0.05) is 24.6 Å². The number of hydrogen-bond acceptors (Lipinski definition) is 10. The standard InChI is InChI=1S/C16H26N4O9S/c1-4-29-15(25)11(19-28-3)8-30-7-10(13(22)20(2)16(26)27)18-12(21)6-5-9(17)14(23)24/h8-10,19H,4-7,17H2,1-3H3,(H,18,21)(H,23,24)(H,26,27). The first-order chi connectivity index (χ1) is 14.0. The zero-order valence-electron chi connectivity index (χ0n) is 16.7. The summed E-state index contributed by atoms with van der Waals surface area (Å²) < 4.78 is 4.82. The third kappa shape index (κ3) is 10.1. The minimum Gasteiger partial charge on any atom is -0.480 e. The van der Waals surface area contributed by atoms with Crippen molar-refractivity contribution >= 4 is 41.6 Å². The number of carboxylic acid groups (broad SMARTS) is 2. The van der Waals surface area contributed by atoms with Crippen molar-refractivity contribution in [3.8, 4) is 0 Å². The van der Waals surface area contributed by atoms with Gasteiger partial charge in [0.25, 0.3) is 5.91 Å². The fourth-order valence-corrected chi connectivity index (χ4v) is 2.67. The maximum absolute atomic E-state index is 12.3. The van der Waals surface area contributed by atoms with Gasteiger partial charge in [-0.25, -0.2) is 14.5 Å². The molecule has 0 radical (unpaired) electrons. The van der Waals surface area contributed by atoms with Crippen LogP contribution in [0.4, 0.5) is 4.79 Å². The van der Waals surface area contributed by atoms with Crippen molar-refractivity contribution in [1.82, 2.24) is 15.7 Å². The van der Waals surface area contributed by atoms with E-state index in [1.807, 2.05) is 0 Å². The predicted octanol–water partition coefficient (Wildman–Crippen LogP) is -0.912. The fraction of sp³-hybridized carbons (Fsp3) is 0.562. The highest BCUT2D eigenvalue weighted by atomic mass is 32.2. The average Bonchev–Trinajstić information content (AvgIpc) is 2.69. The second-order valence-corrected chi connectivity index (χ2v) is 6.58. The van der Waals surface area contributed by atoms with Gasteiger partial charge >= 0.3 is 18.0 Å². The van der Waals surface area contributed by atoms with E-state index in [1.165, 1.54) is 12.5 Å². The molecule has 0 saturated carbocycles. The van der Waals surface area contributed by atoms with Crippen molar-refractivity contribution in [3.05, 3.63) is 11.1 Å². The number of nitrogens with zero attached hydrogens (tertiary/aromatic N) is 1. The van der Waals surface area contributed by atoms with Crippen molar-refractivity contribution in [2.75, 3.05) is 26.5 Å². The summed E-state index contributed by atoms with van der Waals surface area (Å²) in [6.07, 6.45) is -1.98. The maximum atomic E-state index is 12.3. The Balaban J connectivity index is 5.21. The predicted molar refractivity (Wildman–Crippen MR) is 105 cm³/mol. The number of carboxylic acids is 1. The Bertz CT molecular complexity index is 671. The summed E-state index contributed by atoms with van der Waals surface area (Å²) in [4.78, 5) is 63.0. The van der Waals surface area contributed by atoms with Crippen molar-refractivity contribution in [2.45, 2.75) is 31.8 Å². The zero-order valence-corrected chi connectivity index (χ0v) is 17.6. The number of rotatable bonds is 13. The third-order valence-corrected chi connectivity index (χ3v) is 4.35. The number of nitrogens with two attached hydrogens (primary N) is 1. The van der Waals surface area contributed by atoms with Crippen molar-refractivity contribution in [2.24, 2.45) is 5.73 Å². The van der Waals surface area contributed by atoms with Crippen LogP contribution in [0.1, 0.15) is 19.8 Å². The minimum atomic E-state index is -1.53. The van der Waals surface area contributed by atoms with Crippen LogP contribution in [0, 0.1) is 0 Å². The van der Waals surface area contributed by atoms with Crippen molar-refractivity contribution in [1.29, 1.82) is 0 Å². The van der Waals surface area contributed by atoms with Crippen LogP contribution >= 0.6 is 11.8 Å². The number of aliphatic carboxylic acids is 1. The van der Waals surface area contributed by atoms with Gasteiger partial charge in [-0.1, -0.05) is 0 Å². The van der Waals surface area contributed by atoms with Crippen LogP contribution < -0.4 is 16.5 Å². The molecule has 30 heavy (non-hydrogen) atoms. The van der Waals surface area contributed by atoms with E-state index in [1.54, 1.807) is 6.92 Å². The summed E-state index contributed by atoms with van der Waals surface area (Å²) in [7, 11) is 2.29. The van der Waals surface area contributed by atoms with Gasteiger partial charge < -0.3 is 26.0 Å². The molecular formula is C16H26N4O9S. The smallest absolute Gasteiger partial charge is 0.413 e. The zero-order chi connectivity index (χ0) is 23.3. The van der Waals surface area contributed by atoms with Gasteiger partial charge in [-0.05, 0) is 13.3 Å². The molecular weight excluding hydrogens is 424 g/mol. The van der Waals surface area contributed by atoms with E-state index in [2.05, 4.69) is 15.6 Å². The Labute approximate surface area is 176 Å². The number of hydroxylamine groups is 1. The second kappa shape index (κ2) is 14.2. The molecule has 0 aromatic carbocycles. The Kier molecular flexibility index (Phi) is 12.8. The summed E-state index contributed by atoms with van der Waals surface area (Å²) in [5.41, 5.74) is 7.58. The molecule has 0 bridgehead atoms. The molecule has 0 aromatic heterocycles. The summed E-state index contributed by atoms with van der Waals surface area (Å²) >= 11 is 0.913. The molecule has 0 heterocycles. The van der Waals surface area contributed by atoms with Crippen LogP contribution in [0.2, 0.25) is 0 Å². The molecule has 14 heteroatoms. The number of likely N-dealkylation sites (N-methyl/N-ethyl adjacent to an activating group) is 1. The van der Waals surface area contributed by atoms with Gasteiger partial charge in [-0.2, -0.15) is 0 Å². The van der Waals surface area contributed by atoms with Crippen LogP contribution in [0.25, 0.3) is 0 Å².